The van der Waals surface area contributed by atoms with Crippen molar-refractivity contribution < 1.29 is 9.53 Å². The third kappa shape index (κ3) is 4.10. The van der Waals surface area contributed by atoms with Crippen LogP contribution in [-0.4, -0.2) is 29.0 Å². The molecule has 2 aromatic rings. The number of hydrogen-bond acceptors (Lipinski definition) is 7. The predicted molar refractivity (Wildman–Crippen MR) is 79.9 cm³/mol. The van der Waals surface area contributed by atoms with Crippen molar-refractivity contribution >= 4 is 34.1 Å². The number of carbonyl (C=O) groups is 1. The summed E-state index contributed by atoms with van der Waals surface area (Å²) in [5, 5.41) is 10.8. The molecular weight excluding hydrogens is 296 g/mol. The SMILES string of the molecule is COc1ccccc1CNC(=O)CSc1nnc(N)s1. The van der Waals surface area contributed by atoms with Crippen molar-refractivity contribution in [1.29, 1.82) is 0 Å². The van der Waals surface area contributed by atoms with Gasteiger partial charge in [0.2, 0.25) is 11.0 Å². The van der Waals surface area contributed by atoms with E-state index in [1.54, 1.807) is 7.11 Å². The van der Waals surface area contributed by atoms with E-state index in [9.17, 15) is 4.79 Å². The molecule has 20 heavy (non-hydrogen) atoms. The van der Waals surface area contributed by atoms with E-state index in [4.69, 9.17) is 10.5 Å². The second-order valence-electron chi connectivity index (χ2n) is 3.78. The van der Waals surface area contributed by atoms with Crippen molar-refractivity contribution in [1.82, 2.24) is 15.5 Å². The van der Waals surface area contributed by atoms with Gasteiger partial charge in [-0.05, 0) is 6.07 Å². The first kappa shape index (κ1) is 14.6. The van der Waals surface area contributed by atoms with Crippen LogP contribution >= 0.6 is 23.1 Å². The highest BCUT2D eigenvalue weighted by atomic mass is 32.2. The summed E-state index contributed by atoms with van der Waals surface area (Å²) in [6.45, 7) is 0.432. The fraction of sp³-hybridized carbons (Fsp3) is 0.250. The second-order valence-corrected chi connectivity index (χ2v) is 6.02. The van der Waals surface area contributed by atoms with Crippen molar-refractivity contribution in [3.8, 4) is 5.75 Å². The van der Waals surface area contributed by atoms with E-state index in [1.807, 2.05) is 24.3 Å². The Morgan fingerprint density at radius 1 is 1.45 bits per heavy atom. The Labute approximate surface area is 124 Å². The lowest BCUT2D eigenvalue weighted by Crippen LogP contribution is -2.24. The summed E-state index contributed by atoms with van der Waals surface area (Å²) in [6.07, 6.45) is 0. The van der Waals surface area contributed by atoms with Crippen LogP contribution in [0.25, 0.3) is 0 Å². The van der Waals surface area contributed by atoms with Crippen molar-refractivity contribution in [2.24, 2.45) is 0 Å². The molecule has 0 aliphatic carbocycles. The second kappa shape index (κ2) is 7.11. The normalized spacial score (nSPS) is 10.2. The number of nitrogens with zero attached hydrogens (tertiary/aromatic N) is 2. The lowest BCUT2D eigenvalue weighted by Gasteiger charge is -2.08. The maximum absolute atomic E-state index is 11.7. The van der Waals surface area contributed by atoms with E-state index in [0.29, 0.717) is 16.0 Å². The average molecular weight is 310 g/mol. The summed E-state index contributed by atoms with van der Waals surface area (Å²) in [6, 6.07) is 7.57. The van der Waals surface area contributed by atoms with Gasteiger partial charge in [0, 0.05) is 12.1 Å². The first-order valence-electron chi connectivity index (χ1n) is 5.79. The Bertz CT molecular complexity index is 588. The highest BCUT2D eigenvalue weighted by molar-refractivity contribution is 8.01. The Kier molecular flexibility index (Phi) is 5.19. The van der Waals surface area contributed by atoms with Crippen LogP contribution in [0.2, 0.25) is 0 Å². The molecule has 0 fully saturated rings. The van der Waals surface area contributed by atoms with Crippen LogP contribution in [-0.2, 0) is 11.3 Å². The van der Waals surface area contributed by atoms with Crippen LogP contribution in [0.1, 0.15) is 5.56 Å². The Balaban J connectivity index is 1.80. The molecule has 106 valence electrons. The van der Waals surface area contributed by atoms with E-state index >= 15 is 0 Å². The third-order valence-corrected chi connectivity index (χ3v) is 4.30. The van der Waals surface area contributed by atoms with Crippen molar-refractivity contribution in [2.75, 3.05) is 18.6 Å². The van der Waals surface area contributed by atoms with E-state index in [2.05, 4.69) is 15.5 Å². The third-order valence-electron chi connectivity index (χ3n) is 2.42. The first-order chi connectivity index (χ1) is 9.69. The van der Waals surface area contributed by atoms with Gasteiger partial charge in [-0.2, -0.15) is 0 Å². The zero-order valence-electron chi connectivity index (χ0n) is 10.8. The molecule has 1 aromatic heterocycles. The molecule has 2 rings (SSSR count). The zero-order valence-corrected chi connectivity index (χ0v) is 12.5. The Hall–Kier alpha value is -1.80. The summed E-state index contributed by atoms with van der Waals surface area (Å²) < 4.78 is 5.91. The lowest BCUT2D eigenvalue weighted by atomic mass is 10.2. The van der Waals surface area contributed by atoms with E-state index in [-0.39, 0.29) is 11.7 Å². The fourth-order valence-electron chi connectivity index (χ4n) is 1.50. The number of anilines is 1. The van der Waals surface area contributed by atoms with E-state index in [1.165, 1.54) is 23.1 Å². The quantitative estimate of drug-likeness (QED) is 0.787. The maximum Gasteiger partial charge on any atom is 0.230 e. The average Bonchev–Trinajstić information content (AvgIpc) is 2.89. The number of thioether (sulfide) groups is 1. The molecule has 6 nitrogen and oxygen atoms in total. The summed E-state index contributed by atoms with van der Waals surface area (Å²) in [7, 11) is 1.61. The number of nitrogens with two attached hydrogens (primary N) is 1. The fourth-order valence-corrected chi connectivity index (χ4v) is 2.97. The molecule has 8 heteroatoms. The van der Waals surface area contributed by atoms with Gasteiger partial charge in [0.1, 0.15) is 5.75 Å². The van der Waals surface area contributed by atoms with Crippen molar-refractivity contribution in [2.45, 2.75) is 10.9 Å². The molecule has 0 atom stereocenters. The van der Waals surface area contributed by atoms with Crippen LogP contribution < -0.4 is 15.8 Å². The van der Waals surface area contributed by atoms with Crippen LogP contribution in [0.5, 0.6) is 5.75 Å². The van der Waals surface area contributed by atoms with Crippen LogP contribution in [0.15, 0.2) is 28.6 Å². The molecule has 1 heterocycles. The van der Waals surface area contributed by atoms with Gasteiger partial charge in [-0.3, -0.25) is 4.79 Å². The zero-order chi connectivity index (χ0) is 14.4. The molecular formula is C12H14N4O2S2. The number of nitrogens with one attached hydrogen (secondary N) is 1. The smallest absolute Gasteiger partial charge is 0.230 e. The Morgan fingerprint density at radius 2 is 2.25 bits per heavy atom. The van der Waals surface area contributed by atoms with E-state index in [0.717, 1.165) is 11.3 Å². The molecule has 0 spiro atoms. The summed E-state index contributed by atoms with van der Waals surface area (Å²) in [5.41, 5.74) is 6.41. The minimum Gasteiger partial charge on any atom is -0.496 e. The number of rotatable bonds is 6. The van der Waals surface area contributed by atoms with Gasteiger partial charge in [0.15, 0.2) is 4.34 Å². The van der Waals surface area contributed by atoms with Gasteiger partial charge < -0.3 is 15.8 Å². The molecule has 3 N–H and O–H groups in total. The molecule has 0 unspecified atom stereocenters. The minimum absolute atomic E-state index is 0.0744. The number of aromatic nitrogens is 2. The number of hydrogen-bond donors (Lipinski definition) is 2. The highest BCUT2D eigenvalue weighted by Gasteiger charge is 2.08. The highest BCUT2D eigenvalue weighted by Crippen LogP contribution is 2.23. The summed E-state index contributed by atoms with van der Waals surface area (Å²) >= 11 is 2.58. The number of methoxy groups -OCH3 is 1. The van der Waals surface area contributed by atoms with Gasteiger partial charge in [0.05, 0.1) is 12.9 Å². The van der Waals surface area contributed by atoms with Gasteiger partial charge in [-0.25, -0.2) is 0 Å². The monoisotopic (exact) mass is 310 g/mol. The molecule has 0 aliphatic rings. The van der Waals surface area contributed by atoms with Gasteiger partial charge in [-0.1, -0.05) is 41.3 Å². The first-order valence-corrected chi connectivity index (χ1v) is 7.59. The number of para-hydroxylation sites is 1. The molecule has 1 amide bonds. The number of ether oxygens (including phenoxy) is 1. The van der Waals surface area contributed by atoms with Gasteiger partial charge in [-0.15, -0.1) is 10.2 Å². The van der Waals surface area contributed by atoms with Crippen LogP contribution in [0.3, 0.4) is 0 Å². The molecule has 0 saturated carbocycles. The van der Waals surface area contributed by atoms with Crippen molar-refractivity contribution in [3.05, 3.63) is 29.8 Å². The molecule has 0 bridgehead atoms. The molecule has 0 aliphatic heterocycles. The predicted octanol–water partition coefficient (Wildman–Crippen LogP) is 1.54. The lowest BCUT2D eigenvalue weighted by molar-refractivity contribution is -0.118. The van der Waals surface area contributed by atoms with E-state index < -0.39 is 0 Å². The number of amides is 1. The summed E-state index contributed by atoms with van der Waals surface area (Å²) in [5.74, 6) is 0.969. The molecule has 0 saturated heterocycles. The summed E-state index contributed by atoms with van der Waals surface area (Å²) in [4.78, 5) is 11.7. The maximum atomic E-state index is 11.7. The topological polar surface area (TPSA) is 90.1 Å². The molecule has 1 aromatic carbocycles. The Morgan fingerprint density at radius 3 is 2.95 bits per heavy atom. The molecule has 0 radical (unpaired) electrons. The van der Waals surface area contributed by atoms with Gasteiger partial charge >= 0.3 is 0 Å². The largest absolute Gasteiger partial charge is 0.496 e. The standard InChI is InChI=1S/C12H14N4O2S2/c1-18-9-5-3-2-4-8(9)6-14-10(17)7-19-12-16-15-11(13)20-12/h2-5H,6-7H2,1H3,(H2,13,15)(H,14,17). The minimum atomic E-state index is -0.0744. The van der Waals surface area contributed by atoms with Crippen molar-refractivity contribution in [3.63, 3.8) is 0 Å². The number of nitrogen functional groups attached to an aromatic ring is 1. The number of carbonyl (C=O) groups excluding carboxylic acids is 1. The van der Waals surface area contributed by atoms with Crippen LogP contribution in [0.4, 0.5) is 5.13 Å². The van der Waals surface area contributed by atoms with Gasteiger partial charge in [0.25, 0.3) is 0 Å². The number of benzene rings is 1. The van der Waals surface area contributed by atoms with Crippen LogP contribution in [0, 0.1) is 0 Å².